The molecule has 2 radical (unpaired) electrons. The van der Waals surface area contributed by atoms with E-state index in [1.54, 1.807) is 36.3 Å². The van der Waals surface area contributed by atoms with Gasteiger partial charge in [-0.2, -0.15) is 5.10 Å². The van der Waals surface area contributed by atoms with Crippen molar-refractivity contribution >= 4 is 36.9 Å². The minimum Gasteiger partial charge on any atom is -0.482 e. The number of rotatable bonds is 5. The van der Waals surface area contributed by atoms with E-state index < -0.39 is 29.3 Å². The number of ether oxygens (including phenoxy) is 3. The fourth-order valence-corrected chi connectivity index (χ4v) is 5.07. The van der Waals surface area contributed by atoms with E-state index in [9.17, 15) is 9.50 Å². The molecular weight excluding hydrogens is 485 g/mol. The van der Waals surface area contributed by atoms with Crippen LogP contribution in [0.5, 0.6) is 5.75 Å². The standard InChI is InChI=1S/C22H20BCl2FN4O4/c1-11(18-14(24)2-3-15(26)19(18)25)34-16-6-12(7-28-20(16)27)13-8-29-30(9-13)17-10-33-22(23)21(17,31)4-5-32-22/h2-3,6-9,11,17,31H,4-5,10H2,1H3,(H2,27,28)/t11?,17?,21-,22+/m1/s1. The monoisotopic (exact) mass is 504 g/mol. The smallest absolute Gasteiger partial charge is 0.166 e. The molecule has 3 N–H and O–H groups in total. The number of anilines is 1. The number of aliphatic hydroxyl groups is 1. The first-order valence-corrected chi connectivity index (χ1v) is 11.3. The maximum Gasteiger partial charge on any atom is 0.166 e. The van der Waals surface area contributed by atoms with E-state index in [1.165, 1.54) is 12.1 Å². The molecule has 4 heterocycles. The minimum atomic E-state index is -1.55. The van der Waals surface area contributed by atoms with Crippen molar-refractivity contribution in [2.75, 3.05) is 18.9 Å². The fraction of sp³-hybridized carbons (Fsp3) is 0.364. The lowest BCUT2D eigenvalue weighted by atomic mass is 9.76. The van der Waals surface area contributed by atoms with Gasteiger partial charge in [0.05, 0.1) is 24.4 Å². The SMILES string of the molecule is [B][C@]12OCC[C@@]1(O)C(n1cc(-c3cnc(N)c(OC(C)c4c(Cl)ccc(F)c4Cl)c3)cn1)CO2. The zero-order valence-electron chi connectivity index (χ0n) is 18.0. The summed E-state index contributed by atoms with van der Waals surface area (Å²) in [6, 6.07) is 3.76. The van der Waals surface area contributed by atoms with Crippen molar-refractivity contribution in [3.05, 3.63) is 58.2 Å². The Kier molecular flexibility index (Phi) is 5.77. The van der Waals surface area contributed by atoms with Gasteiger partial charge in [-0.05, 0) is 25.1 Å². The summed E-state index contributed by atoms with van der Waals surface area (Å²) >= 11 is 12.3. The third-order valence-electron chi connectivity index (χ3n) is 6.34. The number of nitrogens with zero attached hydrogens (tertiary/aromatic N) is 3. The van der Waals surface area contributed by atoms with Gasteiger partial charge in [-0.15, -0.1) is 0 Å². The van der Waals surface area contributed by atoms with Gasteiger partial charge in [-0.25, -0.2) is 9.37 Å². The summed E-state index contributed by atoms with van der Waals surface area (Å²) in [5.41, 5.74) is 4.73. The minimum absolute atomic E-state index is 0.118. The molecule has 4 atom stereocenters. The molecule has 2 fully saturated rings. The molecule has 0 aliphatic carbocycles. The molecular formula is C22H20BCl2FN4O4. The molecule has 2 saturated heterocycles. The van der Waals surface area contributed by atoms with E-state index in [-0.39, 0.29) is 34.8 Å². The summed E-state index contributed by atoms with van der Waals surface area (Å²) in [5, 5.41) is 15.6. The number of hydrogen-bond acceptors (Lipinski definition) is 7. The summed E-state index contributed by atoms with van der Waals surface area (Å²) in [4.78, 5) is 4.21. The van der Waals surface area contributed by atoms with Crippen molar-refractivity contribution in [2.24, 2.45) is 0 Å². The largest absolute Gasteiger partial charge is 0.482 e. The second kappa shape index (κ2) is 8.39. The molecule has 176 valence electrons. The van der Waals surface area contributed by atoms with Gasteiger partial charge in [-0.1, -0.05) is 23.2 Å². The number of halogens is 3. The van der Waals surface area contributed by atoms with Gasteiger partial charge in [0.2, 0.25) is 0 Å². The average Bonchev–Trinajstić information content (AvgIpc) is 3.44. The van der Waals surface area contributed by atoms with Gasteiger partial charge in [0.25, 0.3) is 0 Å². The van der Waals surface area contributed by atoms with Crippen LogP contribution in [0.3, 0.4) is 0 Å². The maximum absolute atomic E-state index is 14.0. The molecule has 0 amide bonds. The molecule has 0 saturated carbocycles. The van der Waals surface area contributed by atoms with Gasteiger partial charge in [-0.3, -0.25) is 4.68 Å². The van der Waals surface area contributed by atoms with Crippen LogP contribution in [-0.4, -0.2) is 52.2 Å². The third kappa shape index (κ3) is 3.65. The number of nitrogens with two attached hydrogens (primary N) is 1. The van der Waals surface area contributed by atoms with E-state index >= 15 is 0 Å². The lowest BCUT2D eigenvalue weighted by Gasteiger charge is -2.33. The van der Waals surface area contributed by atoms with Crippen molar-refractivity contribution < 1.29 is 23.7 Å². The Bertz CT molecular complexity index is 1260. The van der Waals surface area contributed by atoms with Crippen LogP contribution in [0, 0.1) is 5.82 Å². The summed E-state index contributed by atoms with van der Waals surface area (Å²) < 4.78 is 32.5. The predicted octanol–water partition coefficient (Wildman–Crippen LogP) is 3.66. The van der Waals surface area contributed by atoms with Crippen LogP contribution in [-0.2, 0) is 9.47 Å². The van der Waals surface area contributed by atoms with Crippen molar-refractivity contribution in [3.63, 3.8) is 0 Å². The summed E-state index contributed by atoms with van der Waals surface area (Å²) in [6.07, 6.45) is 4.56. The first-order chi connectivity index (χ1) is 16.1. The van der Waals surface area contributed by atoms with E-state index in [2.05, 4.69) is 10.1 Å². The Balaban J connectivity index is 1.41. The topological polar surface area (TPSA) is 105 Å². The van der Waals surface area contributed by atoms with Gasteiger partial charge >= 0.3 is 0 Å². The molecule has 3 aromatic rings. The molecule has 5 rings (SSSR count). The van der Waals surface area contributed by atoms with Crippen LogP contribution in [0.4, 0.5) is 10.2 Å². The maximum atomic E-state index is 14.0. The molecule has 2 aliphatic heterocycles. The molecule has 0 bridgehead atoms. The quantitative estimate of drug-likeness (QED) is 0.403. The molecule has 12 heteroatoms. The van der Waals surface area contributed by atoms with Gasteiger partial charge < -0.3 is 25.1 Å². The zero-order chi connectivity index (χ0) is 24.3. The molecule has 0 spiro atoms. The number of fused-ring (bicyclic) bond motifs is 1. The van der Waals surface area contributed by atoms with Gasteiger partial charge in [0, 0.05) is 40.5 Å². The van der Waals surface area contributed by atoms with E-state index in [1.807, 2.05) is 0 Å². The highest BCUT2D eigenvalue weighted by molar-refractivity contribution is 6.36. The number of pyridine rings is 1. The average molecular weight is 505 g/mol. The summed E-state index contributed by atoms with van der Waals surface area (Å²) in [6.45, 7) is 2.12. The lowest BCUT2D eigenvalue weighted by molar-refractivity contribution is -0.178. The molecule has 34 heavy (non-hydrogen) atoms. The summed E-state index contributed by atoms with van der Waals surface area (Å²) in [7, 11) is 6.09. The predicted molar refractivity (Wildman–Crippen MR) is 124 cm³/mol. The van der Waals surface area contributed by atoms with Crippen LogP contribution in [0.2, 0.25) is 10.0 Å². The summed E-state index contributed by atoms with van der Waals surface area (Å²) in [5.74, 6) is -0.196. The van der Waals surface area contributed by atoms with Crippen molar-refractivity contribution in [1.82, 2.24) is 14.8 Å². The van der Waals surface area contributed by atoms with Crippen molar-refractivity contribution in [1.29, 1.82) is 0 Å². The third-order valence-corrected chi connectivity index (χ3v) is 7.05. The Morgan fingerprint density at radius 1 is 1.32 bits per heavy atom. The molecule has 1 aromatic carbocycles. The Labute approximate surface area is 206 Å². The normalized spacial score (nSPS) is 27.0. The van der Waals surface area contributed by atoms with Crippen molar-refractivity contribution in [2.45, 2.75) is 36.8 Å². The lowest BCUT2D eigenvalue weighted by Crippen LogP contribution is -2.51. The number of nitrogen functional groups attached to an aromatic ring is 1. The molecule has 2 unspecified atom stereocenters. The molecule has 2 aromatic heterocycles. The fourth-order valence-electron chi connectivity index (χ4n) is 4.39. The Morgan fingerprint density at radius 2 is 2.12 bits per heavy atom. The van der Waals surface area contributed by atoms with Crippen LogP contribution < -0.4 is 10.5 Å². The Morgan fingerprint density at radius 3 is 2.91 bits per heavy atom. The second-order valence-corrected chi connectivity index (χ2v) is 9.14. The van der Waals surface area contributed by atoms with Crippen LogP contribution in [0.15, 0.2) is 36.8 Å². The Hall–Kier alpha value is -2.37. The van der Waals surface area contributed by atoms with Crippen LogP contribution >= 0.6 is 23.2 Å². The first-order valence-electron chi connectivity index (χ1n) is 10.5. The van der Waals surface area contributed by atoms with Crippen LogP contribution in [0.1, 0.15) is 31.1 Å². The van der Waals surface area contributed by atoms with E-state index in [0.717, 1.165) is 0 Å². The highest BCUT2D eigenvalue weighted by atomic mass is 35.5. The number of aromatic nitrogens is 3. The highest BCUT2D eigenvalue weighted by Crippen LogP contribution is 2.48. The van der Waals surface area contributed by atoms with Crippen molar-refractivity contribution in [3.8, 4) is 16.9 Å². The number of hydrogen-bond donors (Lipinski definition) is 2. The van der Waals surface area contributed by atoms with Gasteiger partial charge in [0.1, 0.15) is 29.3 Å². The van der Waals surface area contributed by atoms with E-state index in [4.69, 9.17) is 51.0 Å². The molecule has 2 aliphatic rings. The first kappa shape index (κ1) is 23.4. The highest BCUT2D eigenvalue weighted by Gasteiger charge is 2.63. The zero-order valence-corrected chi connectivity index (χ0v) is 19.6. The second-order valence-electron chi connectivity index (χ2n) is 8.35. The number of benzene rings is 1. The van der Waals surface area contributed by atoms with E-state index in [0.29, 0.717) is 23.1 Å². The molecule has 8 nitrogen and oxygen atoms in total. The van der Waals surface area contributed by atoms with Crippen LogP contribution in [0.25, 0.3) is 11.1 Å². The van der Waals surface area contributed by atoms with Gasteiger partial charge in [0.15, 0.2) is 19.4 Å².